The lowest BCUT2D eigenvalue weighted by molar-refractivity contribution is -0.121. The summed E-state index contributed by atoms with van der Waals surface area (Å²) in [6, 6.07) is 10.4. The van der Waals surface area contributed by atoms with Gasteiger partial charge >= 0.3 is 6.61 Å². The minimum Gasteiger partial charge on any atom is -0.435 e. The molecular formula is C20H24F2N2O4S. The van der Waals surface area contributed by atoms with Crippen molar-refractivity contribution in [1.29, 1.82) is 0 Å². The summed E-state index contributed by atoms with van der Waals surface area (Å²) in [5, 5.41) is 2.70. The quantitative estimate of drug-likeness (QED) is 0.643. The Balaban J connectivity index is 1.88. The molecule has 0 bridgehead atoms. The van der Waals surface area contributed by atoms with Crippen molar-refractivity contribution in [3.05, 3.63) is 59.2 Å². The lowest BCUT2D eigenvalue weighted by Gasteiger charge is -2.16. The van der Waals surface area contributed by atoms with Crippen molar-refractivity contribution in [3.8, 4) is 5.75 Å². The first-order chi connectivity index (χ1) is 13.6. The van der Waals surface area contributed by atoms with Gasteiger partial charge in [0.25, 0.3) is 0 Å². The molecule has 0 spiro atoms. The molecule has 6 nitrogen and oxygen atoms in total. The minimum absolute atomic E-state index is 0.000231. The molecule has 2 rings (SSSR count). The maximum atomic E-state index is 12.3. The number of alkyl halides is 2. The second-order valence-electron chi connectivity index (χ2n) is 6.63. The van der Waals surface area contributed by atoms with E-state index in [1.807, 2.05) is 13.8 Å². The zero-order valence-electron chi connectivity index (χ0n) is 16.4. The number of halogens is 2. The van der Waals surface area contributed by atoms with E-state index in [-0.39, 0.29) is 29.5 Å². The van der Waals surface area contributed by atoms with Crippen LogP contribution in [0.1, 0.15) is 36.1 Å². The summed E-state index contributed by atoms with van der Waals surface area (Å²) in [7, 11) is -3.71. The van der Waals surface area contributed by atoms with Crippen molar-refractivity contribution in [2.24, 2.45) is 0 Å². The average molecular weight is 426 g/mol. The highest BCUT2D eigenvalue weighted by Gasteiger charge is 2.16. The summed E-state index contributed by atoms with van der Waals surface area (Å²) < 4.78 is 56.0. The van der Waals surface area contributed by atoms with Gasteiger partial charge in [0.15, 0.2) is 0 Å². The Morgan fingerprint density at radius 3 is 2.48 bits per heavy atom. The first kappa shape index (κ1) is 22.8. The lowest BCUT2D eigenvalue weighted by atomic mass is 10.1. The molecule has 1 atom stereocenters. The van der Waals surface area contributed by atoms with Crippen molar-refractivity contribution >= 4 is 15.9 Å². The minimum atomic E-state index is -3.71. The number of sulfonamides is 1. The van der Waals surface area contributed by atoms with E-state index in [0.29, 0.717) is 5.56 Å². The average Bonchev–Trinajstić information content (AvgIpc) is 2.63. The molecule has 2 N–H and O–H groups in total. The van der Waals surface area contributed by atoms with Gasteiger partial charge in [0.05, 0.1) is 10.9 Å². The molecule has 158 valence electrons. The van der Waals surface area contributed by atoms with Crippen LogP contribution in [0.2, 0.25) is 0 Å². The molecule has 1 amide bonds. The molecule has 0 saturated carbocycles. The summed E-state index contributed by atoms with van der Waals surface area (Å²) >= 11 is 0. The fourth-order valence-electron chi connectivity index (χ4n) is 2.62. The van der Waals surface area contributed by atoms with Crippen LogP contribution < -0.4 is 14.8 Å². The van der Waals surface area contributed by atoms with Crippen molar-refractivity contribution in [1.82, 2.24) is 10.0 Å². The van der Waals surface area contributed by atoms with E-state index in [1.165, 1.54) is 18.2 Å². The summed E-state index contributed by atoms with van der Waals surface area (Å²) in [5.41, 5.74) is 2.44. The third-order valence-electron chi connectivity index (χ3n) is 4.39. The Morgan fingerprint density at radius 2 is 1.83 bits per heavy atom. The number of carbonyl (C=O) groups excluding carboxylic acids is 1. The second-order valence-corrected chi connectivity index (χ2v) is 8.40. The predicted molar refractivity (Wildman–Crippen MR) is 105 cm³/mol. The van der Waals surface area contributed by atoms with Gasteiger partial charge in [0.2, 0.25) is 15.9 Å². The molecule has 2 aromatic rings. The fraction of sp³-hybridized carbons (Fsp3) is 0.350. The first-order valence-electron chi connectivity index (χ1n) is 8.99. The smallest absolute Gasteiger partial charge is 0.387 e. The number of aryl methyl sites for hydroxylation is 2. The Hall–Kier alpha value is -2.52. The maximum absolute atomic E-state index is 12.3. The van der Waals surface area contributed by atoms with E-state index in [0.717, 1.165) is 11.1 Å². The molecule has 0 aliphatic heterocycles. The second kappa shape index (κ2) is 9.80. The van der Waals surface area contributed by atoms with Crippen molar-refractivity contribution < 1.29 is 26.7 Å². The summed E-state index contributed by atoms with van der Waals surface area (Å²) in [6.07, 6.45) is -0.0678. The predicted octanol–water partition coefficient (Wildman–Crippen LogP) is 3.45. The van der Waals surface area contributed by atoms with Crippen LogP contribution >= 0.6 is 0 Å². The number of ether oxygens (including phenoxy) is 1. The molecule has 0 aliphatic carbocycles. The lowest BCUT2D eigenvalue weighted by Crippen LogP contribution is -2.32. The number of benzene rings is 2. The van der Waals surface area contributed by atoms with Gasteiger partial charge in [-0.1, -0.05) is 18.2 Å². The van der Waals surface area contributed by atoms with Crippen LogP contribution in [0.15, 0.2) is 47.4 Å². The monoisotopic (exact) mass is 426 g/mol. The number of hydrogen-bond donors (Lipinski definition) is 2. The van der Waals surface area contributed by atoms with Crippen LogP contribution in [-0.4, -0.2) is 27.5 Å². The van der Waals surface area contributed by atoms with Gasteiger partial charge in [0.1, 0.15) is 5.75 Å². The number of amides is 1. The van der Waals surface area contributed by atoms with Crippen LogP contribution in [0, 0.1) is 13.8 Å². The van der Waals surface area contributed by atoms with Crippen molar-refractivity contribution in [2.45, 2.75) is 44.7 Å². The number of hydrogen-bond acceptors (Lipinski definition) is 4. The highest BCUT2D eigenvalue weighted by Crippen LogP contribution is 2.20. The molecular weight excluding hydrogens is 402 g/mol. The van der Waals surface area contributed by atoms with Gasteiger partial charge in [-0.2, -0.15) is 8.78 Å². The highest BCUT2D eigenvalue weighted by molar-refractivity contribution is 7.89. The zero-order chi connectivity index (χ0) is 21.6. The van der Waals surface area contributed by atoms with Crippen molar-refractivity contribution in [3.63, 3.8) is 0 Å². The third-order valence-corrected chi connectivity index (χ3v) is 5.85. The standard InChI is InChI=1S/C20H24F2N2O4S/c1-13-7-8-18(11-14(13)2)29(26,27)23-10-9-19(25)24-15(3)16-5-4-6-17(12-16)28-20(21)22/h4-8,11-12,15,20,23H,9-10H2,1-3H3,(H,24,25). The molecule has 0 radical (unpaired) electrons. The number of carbonyl (C=O) groups is 1. The molecule has 0 saturated heterocycles. The van der Waals surface area contributed by atoms with E-state index >= 15 is 0 Å². The third kappa shape index (κ3) is 6.79. The summed E-state index contributed by atoms with van der Waals surface area (Å²) in [5.74, 6) is -0.375. The van der Waals surface area contributed by atoms with E-state index in [9.17, 15) is 22.0 Å². The summed E-state index contributed by atoms with van der Waals surface area (Å²) in [6.45, 7) is 2.41. The van der Waals surface area contributed by atoms with Gasteiger partial charge in [-0.15, -0.1) is 0 Å². The largest absolute Gasteiger partial charge is 0.435 e. The van der Waals surface area contributed by atoms with E-state index in [1.54, 1.807) is 31.2 Å². The van der Waals surface area contributed by atoms with Gasteiger partial charge in [-0.05, 0) is 61.7 Å². The van der Waals surface area contributed by atoms with Crippen molar-refractivity contribution in [2.75, 3.05) is 6.54 Å². The maximum Gasteiger partial charge on any atom is 0.387 e. The molecule has 1 unspecified atom stereocenters. The molecule has 9 heteroatoms. The van der Waals surface area contributed by atoms with Crippen LogP contribution in [0.3, 0.4) is 0 Å². The van der Waals surface area contributed by atoms with Crippen LogP contribution in [0.25, 0.3) is 0 Å². The summed E-state index contributed by atoms with van der Waals surface area (Å²) in [4.78, 5) is 12.3. The Kier molecular flexibility index (Phi) is 7.69. The fourth-order valence-corrected chi connectivity index (χ4v) is 3.74. The van der Waals surface area contributed by atoms with E-state index in [2.05, 4.69) is 14.8 Å². The highest BCUT2D eigenvalue weighted by atomic mass is 32.2. The SMILES string of the molecule is Cc1ccc(S(=O)(=O)NCCC(=O)NC(C)c2cccc(OC(F)F)c2)cc1C. The van der Waals surface area contributed by atoms with Crippen LogP contribution in [0.5, 0.6) is 5.75 Å². The van der Waals surface area contributed by atoms with E-state index < -0.39 is 22.7 Å². The molecule has 0 aliphatic rings. The molecule has 0 aromatic heterocycles. The Morgan fingerprint density at radius 1 is 1.10 bits per heavy atom. The number of nitrogens with one attached hydrogen (secondary N) is 2. The molecule has 0 heterocycles. The molecule has 0 fully saturated rings. The topological polar surface area (TPSA) is 84.5 Å². The number of rotatable bonds is 9. The zero-order valence-corrected chi connectivity index (χ0v) is 17.2. The van der Waals surface area contributed by atoms with Gasteiger partial charge in [-0.3, -0.25) is 4.79 Å². The Labute approximate surface area is 169 Å². The van der Waals surface area contributed by atoms with Gasteiger partial charge in [-0.25, -0.2) is 13.1 Å². The van der Waals surface area contributed by atoms with Crippen LogP contribution in [-0.2, 0) is 14.8 Å². The van der Waals surface area contributed by atoms with Gasteiger partial charge < -0.3 is 10.1 Å². The first-order valence-corrected chi connectivity index (χ1v) is 10.5. The normalized spacial score (nSPS) is 12.6. The van der Waals surface area contributed by atoms with Crippen LogP contribution in [0.4, 0.5) is 8.78 Å². The molecule has 2 aromatic carbocycles. The van der Waals surface area contributed by atoms with Gasteiger partial charge in [0, 0.05) is 13.0 Å². The Bertz CT molecular complexity index is 965. The molecule has 29 heavy (non-hydrogen) atoms. The van der Waals surface area contributed by atoms with E-state index in [4.69, 9.17) is 0 Å².